The van der Waals surface area contributed by atoms with Crippen molar-refractivity contribution in [3.05, 3.63) is 17.1 Å². The molecule has 3 aromatic heterocycles. The Balaban J connectivity index is 1.45. The number of aryl methyl sites for hydroxylation is 1. The van der Waals surface area contributed by atoms with Gasteiger partial charge in [-0.1, -0.05) is 42.4 Å². The Labute approximate surface area is 182 Å². The summed E-state index contributed by atoms with van der Waals surface area (Å²) in [6.45, 7) is 3.69. The Kier molecular flexibility index (Phi) is 6.38. The molecule has 0 unspecified atom stereocenters. The molecule has 3 N–H and O–H groups in total. The van der Waals surface area contributed by atoms with Gasteiger partial charge in [0.05, 0.1) is 17.7 Å². The van der Waals surface area contributed by atoms with Crippen LogP contribution in [0.2, 0.25) is 0 Å². The van der Waals surface area contributed by atoms with E-state index in [0.717, 1.165) is 9.47 Å². The Morgan fingerprint density at radius 3 is 2.87 bits per heavy atom. The molecule has 0 aliphatic heterocycles. The second kappa shape index (κ2) is 9.17. The number of carbonyl (C=O) groups is 1. The van der Waals surface area contributed by atoms with Crippen molar-refractivity contribution < 1.29 is 13.9 Å². The fourth-order valence-electron chi connectivity index (χ4n) is 3.57. The van der Waals surface area contributed by atoms with Crippen LogP contribution in [-0.2, 0) is 10.5 Å². The SMILES string of the molecule is CCOC(=O)c1c(C)oc2nc(CSc3nnc(NC4CCCCC4)s3)nc(N)c12. The first kappa shape index (κ1) is 20.9. The molecule has 30 heavy (non-hydrogen) atoms. The highest BCUT2D eigenvalue weighted by molar-refractivity contribution is 8.00. The monoisotopic (exact) mass is 448 g/mol. The van der Waals surface area contributed by atoms with E-state index >= 15 is 0 Å². The quantitative estimate of drug-likeness (QED) is 0.401. The molecule has 0 saturated heterocycles. The highest BCUT2D eigenvalue weighted by Gasteiger charge is 2.24. The lowest BCUT2D eigenvalue weighted by Crippen LogP contribution is -2.21. The lowest BCUT2D eigenvalue weighted by molar-refractivity contribution is 0.0526. The van der Waals surface area contributed by atoms with Crippen LogP contribution in [0.3, 0.4) is 0 Å². The smallest absolute Gasteiger partial charge is 0.342 e. The van der Waals surface area contributed by atoms with Gasteiger partial charge < -0.3 is 20.2 Å². The number of ether oxygens (including phenoxy) is 1. The fraction of sp³-hybridized carbons (Fsp3) is 0.526. The maximum absolute atomic E-state index is 12.2. The third kappa shape index (κ3) is 4.51. The number of hydrogen-bond donors (Lipinski definition) is 2. The van der Waals surface area contributed by atoms with Crippen molar-refractivity contribution in [3.63, 3.8) is 0 Å². The third-order valence-corrected chi connectivity index (χ3v) is 6.93. The predicted octanol–water partition coefficient (Wildman–Crippen LogP) is 4.18. The van der Waals surface area contributed by atoms with Gasteiger partial charge in [0.15, 0.2) is 4.34 Å². The Bertz CT molecular complexity index is 1040. The van der Waals surface area contributed by atoms with E-state index in [1.54, 1.807) is 13.8 Å². The molecule has 9 nitrogen and oxygen atoms in total. The number of esters is 1. The van der Waals surface area contributed by atoms with E-state index in [-0.39, 0.29) is 23.7 Å². The zero-order chi connectivity index (χ0) is 21.1. The number of rotatable bonds is 7. The lowest BCUT2D eigenvalue weighted by atomic mass is 9.96. The summed E-state index contributed by atoms with van der Waals surface area (Å²) in [5, 5.41) is 13.2. The van der Waals surface area contributed by atoms with Crippen LogP contribution >= 0.6 is 23.1 Å². The second-order valence-electron chi connectivity index (χ2n) is 7.10. The summed E-state index contributed by atoms with van der Waals surface area (Å²) >= 11 is 3.02. The van der Waals surface area contributed by atoms with Gasteiger partial charge in [-0.25, -0.2) is 9.78 Å². The number of hydrogen-bond acceptors (Lipinski definition) is 11. The van der Waals surface area contributed by atoms with Gasteiger partial charge in [0.1, 0.15) is 23.0 Å². The average Bonchev–Trinajstić information content (AvgIpc) is 3.31. The van der Waals surface area contributed by atoms with E-state index in [1.807, 2.05) is 0 Å². The van der Waals surface area contributed by atoms with Crippen LogP contribution in [0, 0.1) is 6.92 Å². The summed E-state index contributed by atoms with van der Waals surface area (Å²) < 4.78 is 11.6. The predicted molar refractivity (Wildman–Crippen MR) is 117 cm³/mol. The topological polar surface area (TPSA) is 129 Å². The fourth-order valence-corrected chi connectivity index (χ4v) is 5.26. The number of anilines is 2. The minimum atomic E-state index is -0.488. The number of carbonyl (C=O) groups excluding carboxylic acids is 1. The normalized spacial score (nSPS) is 14.9. The van der Waals surface area contributed by atoms with Crippen molar-refractivity contribution in [2.75, 3.05) is 17.7 Å². The highest BCUT2D eigenvalue weighted by atomic mass is 32.2. The van der Waals surface area contributed by atoms with Crippen LogP contribution in [0.1, 0.15) is 61.0 Å². The molecule has 1 fully saturated rings. The molecule has 0 amide bonds. The Morgan fingerprint density at radius 1 is 1.30 bits per heavy atom. The van der Waals surface area contributed by atoms with Crippen molar-refractivity contribution in [3.8, 4) is 0 Å². The van der Waals surface area contributed by atoms with E-state index in [9.17, 15) is 4.79 Å². The molecule has 0 radical (unpaired) electrons. The first-order valence-corrected chi connectivity index (χ1v) is 11.8. The molecule has 4 rings (SSSR count). The molecular weight excluding hydrogens is 424 g/mol. The maximum atomic E-state index is 12.2. The summed E-state index contributed by atoms with van der Waals surface area (Å²) in [5.41, 5.74) is 6.69. The van der Waals surface area contributed by atoms with Gasteiger partial charge in [-0.2, -0.15) is 4.98 Å². The van der Waals surface area contributed by atoms with Crippen LogP contribution in [0.15, 0.2) is 8.76 Å². The van der Waals surface area contributed by atoms with Crippen molar-refractivity contribution in [1.29, 1.82) is 0 Å². The van der Waals surface area contributed by atoms with Crippen molar-refractivity contribution in [1.82, 2.24) is 20.2 Å². The standard InChI is InChI=1S/C19H24N6O3S2/c1-3-27-17(26)13-10(2)28-16-14(13)15(20)22-12(23-16)9-29-19-25-24-18(30-19)21-11-7-5-4-6-8-11/h11H,3-9H2,1-2H3,(H,21,24)(H2,20,22,23). The number of nitrogens with two attached hydrogens (primary N) is 1. The summed E-state index contributed by atoms with van der Waals surface area (Å²) in [6, 6.07) is 0.492. The van der Waals surface area contributed by atoms with Gasteiger partial charge in [0, 0.05) is 6.04 Å². The number of aromatic nitrogens is 4. The van der Waals surface area contributed by atoms with Crippen molar-refractivity contribution >= 4 is 51.1 Å². The molecule has 0 atom stereocenters. The number of nitrogens with one attached hydrogen (secondary N) is 1. The molecular formula is C19H24N6O3S2. The van der Waals surface area contributed by atoms with Gasteiger partial charge >= 0.3 is 5.97 Å². The van der Waals surface area contributed by atoms with E-state index in [0.29, 0.717) is 28.8 Å². The third-order valence-electron chi connectivity index (χ3n) is 4.95. The van der Waals surface area contributed by atoms with Gasteiger partial charge in [0.2, 0.25) is 10.8 Å². The summed E-state index contributed by atoms with van der Waals surface area (Å²) in [4.78, 5) is 21.0. The van der Waals surface area contributed by atoms with Crippen LogP contribution in [0.5, 0.6) is 0 Å². The zero-order valence-electron chi connectivity index (χ0n) is 16.9. The number of furan rings is 1. The highest BCUT2D eigenvalue weighted by Crippen LogP contribution is 2.32. The molecule has 0 bridgehead atoms. The molecule has 0 aromatic carbocycles. The molecule has 1 aliphatic carbocycles. The Hall–Kier alpha value is -2.40. The average molecular weight is 449 g/mol. The minimum Gasteiger partial charge on any atom is -0.462 e. The first-order valence-electron chi connectivity index (χ1n) is 10.0. The van der Waals surface area contributed by atoms with Gasteiger partial charge in [-0.3, -0.25) is 0 Å². The number of fused-ring (bicyclic) bond motifs is 1. The van der Waals surface area contributed by atoms with Crippen LogP contribution in [0.25, 0.3) is 11.1 Å². The van der Waals surface area contributed by atoms with Gasteiger partial charge in [-0.05, 0) is 26.7 Å². The first-order chi connectivity index (χ1) is 14.5. The van der Waals surface area contributed by atoms with Crippen LogP contribution in [0.4, 0.5) is 10.9 Å². The molecule has 1 saturated carbocycles. The second-order valence-corrected chi connectivity index (χ2v) is 9.30. The summed E-state index contributed by atoms with van der Waals surface area (Å²) in [6.07, 6.45) is 6.23. The van der Waals surface area contributed by atoms with Crippen LogP contribution < -0.4 is 11.1 Å². The molecule has 11 heteroatoms. The van der Waals surface area contributed by atoms with E-state index in [1.165, 1.54) is 55.2 Å². The van der Waals surface area contributed by atoms with Crippen molar-refractivity contribution in [2.24, 2.45) is 0 Å². The molecule has 0 spiro atoms. The molecule has 1 aliphatic rings. The number of nitrogen functional groups attached to an aromatic ring is 1. The van der Waals surface area contributed by atoms with E-state index < -0.39 is 5.97 Å². The molecule has 160 valence electrons. The minimum absolute atomic E-state index is 0.201. The number of nitrogens with zero attached hydrogens (tertiary/aromatic N) is 4. The van der Waals surface area contributed by atoms with E-state index in [2.05, 4.69) is 25.5 Å². The summed E-state index contributed by atoms with van der Waals surface area (Å²) in [7, 11) is 0. The largest absolute Gasteiger partial charge is 0.462 e. The zero-order valence-corrected chi connectivity index (χ0v) is 18.6. The van der Waals surface area contributed by atoms with Gasteiger partial charge in [-0.15, -0.1) is 10.2 Å². The van der Waals surface area contributed by atoms with E-state index in [4.69, 9.17) is 14.9 Å². The lowest BCUT2D eigenvalue weighted by Gasteiger charge is -2.21. The van der Waals surface area contributed by atoms with Crippen LogP contribution in [-0.4, -0.2) is 38.8 Å². The van der Waals surface area contributed by atoms with Gasteiger partial charge in [0.25, 0.3) is 0 Å². The summed E-state index contributed by atoms with van der Waals surface area (Å²) in [5.74, 6) is 1.10. The number of thioether (sulfide) groups is 1. The molecule has 3 aromatic rings. The Morgan fingerprint density at radius 2 is 2.10 bits per heavy atom. The maximum Gasteiger partial charge on any atom is 0.342 e. The van der Waals surface area contributed by atoms with Crippen molar-refractivity contribution in [2.45, 2.75) is 62.1 Å². The molecule has 3 heterocycles.